The van der Waals surface area contributed by atoms with Crippen molar-refractivity contribution >= 4 is 22.6 Å². The molecule has 4 aromatic rings. The fourth-order valence-electron chi connectivity index (χ4n) is 4.46. The zero-order valence-electron chi connectivity index (χ0n) is 19.1. The normalized spacial score (nSPS) is 15.5. The van der Waals surface area contributed by atoms with Crippen LogP contribution in [0.4, 0.5) is 5.95 Å². The van der Waals surface area contributed by atoms with Crippen LogP contribution in [0, 0.1) is 19.8 Å². The molecule has 0 atom stereocenters. The lowest BCUT2D eigenvalue weighted by molar-refractivity contribution is 0.435. The molecule has 31 heavy (non-hydrogen) atoms. The van der Waals surface area contributed by atoms with E-state index in [1.165, 1.54) is 18.4 Å². The van der Waals surface area contributed by atoms with Crippen LogP contribution >= 0.6 is 0 Å². The summed E-state index contributed by atoms with van der Waals surface area (Å²) in [7, 11) is 0. The van der Waals surface area contributed by atoms with Gasteiger partial charge in [0.2, 0.25) is 5.95 Å². The molecule has 5 rings (SSSR count). The topological polar surface area (TPSA) is 59.2 Å². The summed E-state index contributed by atoms with van der Waals surface area (Å²) in [6, 6.07) is 10.8. The Kier molecular flexibility index (Phi) is 4.88. The molecule has 3 aromatic heterocycles. The van der Waals surface area contributed by atoms with E-state index in [1.54, 1.807) is 0 Å². The van der Waals surface area contributed by atoms with Gasteiger partial charge in [0.15, 0.2) is 11.3 Å². The molecular formula is C25H30N6. The van der Waals surface area contributed by atoms with Gasteiger partial charge in [-0.2, -0.15) is 4.98 Å². The highest BCUT2D eigenvalue weighted by molar-refractivity contribution is 6.01. The quantitative estimate of drug-likeness (QED) is 0.454. The molecule has 0 spiro atoms. The molecule has 0 radical (unpaired) electrons. The minimum absolute atomic E-state index is 0.495. The van der Waals surface area contributed by atoms with E-state index in [1.807, 2.05) is 11.4 Å². The molecule has 1 saturated heterocycles. The number of benzene rings is 1. The van der Waals surface area contributed by atoms with Crippen molar-refractivity contribution in [2.75, 3.05) is 18.0 Å². The van der Waals surface area contributed by atoms with E-state index in [9.17, 15) is 0 Å². The average molecular weight is 415 g/mol. The maximum absolute atomic E-state index is 5.10. The predicted molar refractivity (Wildman–Crippen MR) is 126 cm³/mol. The first-order valence-corrected chi connectivity index (χ1v) is 11.3. The number of hydrogen-bond donors (Lipinski definition) is 0. The SMILES string of the molecule is Cc1cc(C)n2nc3nc(N4CCC(C)CC4)nc(-c4ccc(C(C)C)cc4)c3c2n1. The molecule has 4 heterocycles. The third kappa shape index (κ3) is 3.54. The van der Waals surface area contributed by atoms with Crippen molar-refractivity contribution in [2.24, 2.45) is 5.92 Å². The molecule has 0 aliphatic carbocycles. The Morgan fingerprint density at radius 3 is 2.35 bits per heavy atom. The second kappa shape index (κ2) is 7.59. The van der Waals surface area contributed by atoms with E-state index >= 15 is 0 Å². The summed E-state index contributed by atoms with van der Waals surface area (Å²) >= 11 is 0. The Labute approximate surface area is 183 Å². The van der Waals surface area contributed by atoms with Crippen LogP contribution in [0.2, 0.25) is 0 Å². The van der Waals surface area contributed by atoms with Crippen LogP contribution in [0.5, 0.6) is 0 Å². The second-order valence-corrected chi connectivity index (χ2v) is 9.29. The zero-order valence-corrected chi connectivity index (χ0v) is 19.1. The van der Waals surface area contributed by atoms with Gasteiger partial charge < -0.3 is 4.90 Å². The standard InChI is InChI=1S/C25H30N6/c1-15(2)19-6-8-20(9-7-19)22-21-23(29-31-18(5)14-17(4)26-24(21)31)28-25(27-22)30-12-10-16(3)11-13-30/h6-9,14-16H,10-13H2,1-5H3. The molecule has 6 heteroatoms. The van der Waals surface area contributed by atoms with E-state index in [2.05, 4.69) is 62.9 Å². The molecule has 0 unspecified atom stereocenters. The molecule has 1 aliphatic rings. The van der Waals surface area contributed by atoms with Crippen molar-refractivity contribution in [3.63, 3.8) is 0 Å². The third-order valence-electron chi connectivity index (χ3n) is 6.45. The molecule has 0 N–H and O–H groups in total. The third-order valence-corrected chi connectivity index (χ3v) is 6.45. The summed E-state index contributed by atoms with van der Waals surface area (Å²) in [5.74, 6) is 2.03. The van der Waals surface area contributed by atoms with E-state index < -0.39 is 0 Å². The van der Waals surface area contributed by atoms with Crippen molar-refractivity contribution < 1.29 is 0 Å². The predicted octanol–water partition coefficient (Wildman–Crippen LogP) is 5.32. The molecule has 1 fully saturated rings. The average Bonchev–Trinajstić information content (AvgIpc) is 3.12. The molecular weight excluding hydrogens is 384 g/mol. The number of hydrogen-bond acceptors (Lipinski definition) is 5. The molecule has 1 aliphatic heterocycles. The van der Waals surface area contributed by atoms with E-state index in [4.69, 9.17) is 20.1 Å². The van der Waals surface area contributed by atoms with Gasteiger partial charge in [0.25, 0.3) is 0 Å². The van der Waals surface area contributed by atoms with Crippen LogP contribution in [0.1, 0.15) is 56.5 Å². The fraction of sp³-hybridized carbons (Fsp3) is 0.440. The van der Waals surface area contributed by atoms with Crippen LogP contribution in [0.3, 0.4) is 0 Å². The van der Waals surface area contributed by atoms with Crippen LogP contribution < -0.4 is 4.90 Å². The highest BCUT2D eigenvalue weighted by Gasteiger charge is 2.23. The van der Waals surface area contributed by atoms with Crippen LogP contribution in [-0.4, -0.2) is 37.7 Å². The van der Waals surface area contributed by atoms with E-state index in [-0.39, 0.29) is 0 Å². The van der Waals surface area contributed by atoms with Crippen LogP contribution in [-0.2, 0) is 0 Å². The molecule has 0 bridgehead atoms. The molecule has 160 valence electrons. The largest absolute Gasteiger partial charge is 0.341 e. The Hall–Kier alpha value is -3.02. The van der Waals surface area contributed by atoms with Gasteiger partial charge in [-0.05, 0) is 50.2 Å². The smallest absolute Gasteiger partial charge is 0.228 e. The van der Waals surface area contributed by atoms with Crippen molar-refractivity contribution in [2.45, 2.75) is 53.4 Å². The van der Waals surface area contributed by atoms with Gasteiger partial charge in [-0.3, -0.25) is 0 Å². The minimum atomic E-state index is 0.495. The first-order chi connectivity index (χ1) is 14.9. The van der Waals surface area contributed by atoms with Gasteiger partial charge in [-0.25, -0.2) is 14.5 Å². The molecule has 1 aromatic carbocycles. The maximum atomic E-state index is 5.10. The lowest BCUT2D eigenvalue weighted by Gasteiger charge is -2.30. The number of aromatic nitrogens is 5. The maximum Gasteiger partial charge on any atom is 0.228 e. The van der Waals surface area contributed by atoms with Crippen molar-refractivity contribution in [3.05, 3.63) is 47.3 Å². The number of nitrogens with zero attached hydrogens (tertiary/aromatic N) is 6. The van der Waals surface area contributed by atoms with Crippen molar-refractivity contribution in [1.82, 2.24) is 24.6 Å². The molecule has 0 amide bonds. The van der Waals surface area contributed by atoms with E-state index in [0.717, 1.165) is 58.6 Å². The fourth-order valence-corrected chi connectivity index (χ4v) is 4.46. The first-order valence-electron chi connectivity index (χ1n) is 11.3. The van der Waals surface area contributed by atoms with Gasteiger partial charge in [0, 0.05) is 30.0 Å². The lowest BCUT2D eigenvalue weighted by Crippen LogP contribution is -2.34. The summed E-state index contributed by atoms with van der Waals surface area (Å²) < 4.78 is 1.90. The Balaban J connectivity index is 1.75. The number of rotatable bonds is 3. The van der Waals surface area contributed by atoms with Gasteiger partial charge in [-0.1, -0.05) is 45.0 Å². The van der Waals surface area contributed by atoms with Gasteiger partial charge >= 0.3 is 0 Å². The number of anilines is 1. The van der Waals surface area contributed by atoms with Crippen molar-refractivity contribution in [3.8, 4) is 11.3 Å². The van der Waals surface area contributed by atoms with Crippen LogP contribution in [0.15, 0.2) is 30.3 Å². The summed E-state index contributed by atoms with van der Waals surface area (Å²) in [5.41, 5.74) is 6.89. The van der Waals surface area contributed by atoms with Crippen molar-refractivity contribution in [1.29, 1.82) is 0 Å². The number of fused-ring (bicyclic) bond motifs is 3. The minimum Gasteiger partial charge on any atom is -0.341 e. The highest BCUT2D eigenvalue weighted by Crippen LogP contribution is 2.33. The second-order valence-electron chi connectivity index (χ2n) is 9.29. The van der Waals surface area contributed by atoms with Gasteiger partial charge in [-0.15, -0.1) is 5.10 Å². The lowest BCUT2D eigenvalue weighted by atomic mass is 9.99. The summed E-state index contributed by atoms with van der Waals surface area (Å²) in [4.78, 5) is 17.1. The monoisotopic (exact) mass is 414 g/mol. The summed E-state index contributed by atoms with van der Waals surface area (Å²) in [6.45, 7) is 12.8. The Morgan fingerprint density at radius 2 is 1.68 bits per heavy atom. The van der Waals surface area contributed by atoms with Gasteiger partial charge in [0.05, 0.1) is 11.1 Å². The zero-order chi connectivity index (χ0) is 21.7. The number of aryl methyl sites for hydroxylation is 2. The first kappa shape index (κ1) is 19.9. The number of piperidine rings is 1. The Morgan fingerprint density at radius 1 is 0.968 bits per heavy atom. The highest BCUT2D eigenvalue weighted by atomic mass is 15.3. The summed E-state index contributed by atoms with van der Waals surface area (Å²) in [6.07, 6.45) is 2.34. The Bertz CT molecular complexity index is 1250. The summed E-state index contributed by atoms with van der Waals surface area (Å²) in [5, 5.41) is 5.76. The molecule has 0 saturated carbocycles. The van der Waals surface area contributed by atoms with Crippen LogP contribution in [0.25, 0.3) is 27.9 Å². The van der Waals surface area contributed by atoms with Gasteiger partial charge in [0.1, 0.15) is 0 Å². The molecule has 6 nitrogen and oxygen atoms in total. The van der Waals surface area contributed by atoms with E-state index in [0.29, 0.717) is 11.6 Å².